The molecular formula is C9H18N2O4. The largest absolute Gasteiger partial charge is 0.481 e. The molecular weight excluding hydrogens is 200 g/mol. The zero-order valence-electron chi connectivity index (χ0n) is 9.06. The molecule has 0 fully saturated rings. The summed E-state index contributed by atoms with van der Waals surface area (Å²) in [6.45, 7) is 3.89. The molecule has 0 heterocycles. The van der Waals surface area contributed by atoms with Gasteiger partial charge in [-0.3, -0.25) is 4.79 Å². The van der Waals surface area contributed by atoms with Gasteiger partial charge in [0.05, 0.1) is 13.0 Å². The summed E-state index contributed by atoms with van der Waals surface area (Å²) < 4.78 is 0. The number of carboxylic acids is 1. The van der Waals surface area contributed by atoms with Crippen molar-refractivity contribution in [2.75, 3.05) is 19.7 Å². The second kappa shape index (κ2) is 7.05. The van der Waals surface area contributed by atoms with Crippen molar-refractivity contribution in [3.63, 3.8) is 0 Å². The van der Waals surface area contributed by atoms with Crippen molar-refractivity contribution in [3.05, 3.63) is 0 Å². The van der Waals surface area contributed by atoms with Crippen molar-refractivity contribution in [3.8, 4) is 0 Å². The molecule has 6 heteroatoms. The molecule has 0 aliphatic carbocycles. The van der Waals surface area contributed by atoms with E-state index < -0.39 is 5.97 Å². The van der Waals surface area contributed by atoms with E-state index >= 15 is 0 Å². The number of nitrogens with zero attached hydrogens (tertiary/aromatic N) is 1. The fourth-order valence-electron chi connectivity index (χ4n) is 1.08. The minimum absolute atomic E-state index is 0.0259. The maximum Gasteiger partial charge on any atom is 0.317 e. The van der Waals surface area contributed by atoms with E-state index in [2.05, 4.69) is 5.32 Å². The Labute approximate surface area is 88.9 Å². The fraction of sp³-hybridized carbons (Fsp3) is 0.778. The third kappa shape index (κ3) is 5.90. The summed E-state index contributed by atoms with van der Waals surface area (Å²) >= 11 is 0. The van der Waals surface area contributed by atoms with Crippen LogP contribution in [0.2, 0.25) is 0 Å². The predicted molar refractivity (Wildman–Crippen MR) is 54.6 cm³/mol. The Balaban J connectivity index is 3.97. The van der Waals surface area contributed by atoms with Crippen molar-refractivity contribution in [2.24, 2.45) is 0 Å². The molecule has 3 N–H and O–H groups in total. The Kier molecular flexibility index (Phi) is 6.44. The molecule has 0 aromatic carbocycles. The normalized spacial score (nSPS) is 10.1. The number of carbonyl (C=O) groups is 2. The highest BCUT2D eigenvalue weighted by Crippen LogP contribution is 1.97. The number of amides is 2. The highest BCUT2D eigenvalue weighted by molar-refractivity contribution is 5.75. The summed E-state index contributed by atoms with van der Waals surface area (Å²) in [5, 5.41) is 19.6. The fourth-order valence-corrected chi connectivity index (χ4v) is 1.08. The van der Waals surface area contributed by atoms with Gasteiger partial charge < -0.3 is 20.4 Å². The Morgan fingerprint density at radius 1 is 1.40 bits per heavy atom. The molecule has 0 aromatic heterocycles. The number of hydrogen-bond donors (Lipinski definition) is 3. The Bertz CT molecular complexity index is 218. The second-order valence-corrected chi connectivity index (χ2v) is 3.39. The first-order valence-corrected chi connectivity index (χ1v) is 4.86. The topological polar surface area (TPSA) is 89.9 Å². The summed E-state index contributed by atoms with van der Waals surface area (Å²) in [7, 11) is 0. The van der Waals surface area contributed by atoms with Crippen molar-refractivity contribution >= 4 is 12.0 Å². The van der Waals surface area contributed by atoms with E-state index in [-0.39, 0.29) is 38.2 Å². The zero-order chi connectivity index (χ0) is 11.8. The average Bonchev–Trinajstić information content (AvgIpc) is 2.12. The maximum atomic E-state index is 11.5. The molecule has 0 atom stereocenters. The zero-order valence-corrected chi connectivity index (χ0v) is 9.06. The number of aliphatic hydroxyl groups excluding tert-OH is 1. The minimum Gasteiger partial charge on any atom is -0.481 e. The molecule has 0 bridgehead atoms. The number of rotatable bonds is 6. The Morgan fingerprint density at radius 3 is 2.40 bits per heavy atom. The van der Waals surface area contributed by atoms with Gasteiger partial charge in [-0.25, -0.2) is 4.79 Å². The van der Waals surface area contributed by atoms with Gasteiger partial charge in [0.25, 0.3) is 0 Å². The van der Waals surface area contributed by atoms with Crippen LogP contribution in [-0.2, 0) is 4.79 Å². The van der Waals surface area contributed by atoms with Gasteiger partial charge in [-0.05, 0) is 13.8 Å². The van der Waals surface area contributed by atoms with E-state index in [1.165, 1.54) is 4.90 Å². The predicted octanol–water partition coefficient (Wildman–Crippen LogP) is -0.127. The number of hydrogen-bond acceptors (Lipinski definition) is 3. The summed E-state index contributed by atoms with van der Waals surface area (Å²) in [5.74, 6) is -0.950. The molecule has 88 valence electrons. The molecule has 15 heavy (non-hydrogen) atoms. The Morgan fingerprint density at radius 2 is 2.00 bits per heavy atom. The number of nitrogens with one attached hydrogen (secondary N) is 1. The van der Waals surface area contributed by atoms with Gasteiger partial charge in [-0.2, -0.15) is 0 Å². The van der Waals surface area contributed by atoms with E-state index in [4.69, 9.17) is 10.2 Å². The molecule has 0 saturated carbocycles. The van der Waals surface area contributed by atoms with Crippen LogP contribution in [0, 0.1) is 0 Å². The van der Waals surface area contributed by atoms with Gasteiger partial charge in [0.15, 0.2) is 0 Å². The summed E-state index contributed by atoms with van der Waals surface area (Å²) in [6, 6.07) is -0.373. The number of carbonyl (C=O) groups excluding carboxylic acids is 1. The molecule has 0 unspecified atom stereocenters. The first-order valence-electron chi connectivity index (χ1n) is 4.86. The van der Waals surface area contributed by atoms with Crippen LogP contribution in [0.1, 0.15) is 20.3 Å². The molecule has 0 aromatic rings. The molecule has 0 radical (unpaired) electrons. The van der Waals surface area contributed by atoms with E-state index in [1.54, 1.807) is 0 Å². The van der Waals surface area contributed by atoms with Gasteiger partial charge in [-0.1, -0.05) is 0 Å². The third-order valence-electron chi connectivity index (χ3n) is 1.84. The van der Waals surface area contributed by atoms with E-state index in [0.717, 1.165) is 0 Å². The highest BCUT2D eigenvalue weighted by Gasteiger charge is 2.15. The molecule has 0 aliphatic heterocycles. The quantitative estimate of drug-likeness (QED) is 0.579. The Hall–Kier alpha value is -1.30. The lowest BCUT2D eigenvalue weighted by atomic mass is 10.3. The summed E-state index contributed by atoms with van der Waals surface area (Å²) in [4.78, 5) is 23.1. The van der Waals surface area contributed by atoms with E-state index in [0.29, 0.717) is 0 Å². The van der Waals surface area contributed by atoms with Gasteiger partial charge >= 0.3 is 12.0 Å². The van der Waals surface area contributed by atoms with Gasteiger partial charge in [0, 0.05) is 19.1 Å². The summed E-state index contributed by atoms with van der Waals surface area (Å²) in [6.07, 6.45) is -0.100. The van der Waals surface area contributed by atoms with Crippen LogP contribution in [-0.4, -0.2) is 52.9 Å². The lowest BCUT2D eigenvalue weighted by molar-refractivity contribution is -0.136. The standard InChI is InChI=1S/C9H18N2O4/c1-7(2)11(5-6-12)9(15)10-4-3-8(13)14/h7,12H,3-6H2,1-2H3,(H,10,15)(H,13,14). The van der Waals surface area contributed by atoms with Crippen LogP contribution < -0.4 is 5.32 Å². The van der Waals surface area contributed by atoms with Gasteiger partial charge in [0.2, 0.25) is 0 Å². The van der Waals surface area contributed by atoms with Crippen molar-refractivity contribution < 1.29 is 19.8 Å². The SMILES string of the molecule is CC(C)N(CCO)C(=O)NCCC(=O)O. The number of carboxylic acid groups (broad SMARTS) is 1. The molecule has 0 spiro atoms. The number of urea groups is 1. The second-order valence-electron chi connectivity index (χ2n) is 3.39. The van der Waals surface area contributed by atoms with Gasteiger partial charge in [-0.15, -0.1) is 0 Å². The smallest absolute Gasteiger partial charge is 0.317 e. The minimum atomic E-state index is -0.950. The van der Waals surface area contributed by atoms with E-state index in [1.807, 2.05) is 13.8 Å². The molecule has 6 nitrogen and oxygen atoms in total. The lowest BCUT2D eigenvalue weighted by Crippen LogP contribution is -2.45. The molecule has 0 saturated heterocycles. The van der Waals surface area contributed by atoms with E-state index in [9.17, 15) is 9.59 Å². The van der Waals surface area contributed by atoms with Crippen LogP contribution in [0.15, 0.2) is 0 Å². The third-order valence-corrected chi connectivity index (χ3v) is 1.84. The first kappa shape index (κ1) is 13.7. The van der Waals surface area contributed by atoms with Gasteiger partial charge in [0.1, 0.15) is 0 Å². The van der Waals surface area contributed by atoms with Crippen LogP contribution >= 0.6 is 0 Å². The molecule has 0 aliphatic rings. The van der Waals surface area contributed by atoms with Crippen molar-refractivity contribution in [1.29, 1.82) is 0 Å². The van der Waals surface area contributed by atoms with Crippen LogP contribution in [0.3, 0.4) is 0 Å². The average molecular weight is 218 g/mol. The van der Waals surface area contributed by atoms with Crippen LogP contribution in [0.5, 0.6) is 0 Å². The molecule has 0 rings (SSSR count). The number of aliphatic hydroxyl groups is 1. The lowest BCUT2D eigenvalue weighted by Gasteiger charge is -2.25. The van der Waals surface area contributed by atoms with Crippen LogP contribution in [0.25, 0.3) is 0 Å². The maximum absolute atomic E-state index is 11.5. The monoisotopic (exact) mass is 218 g/mol. The van der Waals surface area contributed by atoms with Crippen LogP contribution in [0.4, 0.5) is 4.79 Å². The molecule has 2 amide bonds. The van der Waals surface area contributed by atoms with Crippen molar-refractivity contribution in [1.82, 2.24) is 10.2 Å². The number of aliphatic carboxylic acids is 1. The first-order chi connectivity index (χ1) is 6.99. The van der Waals surface area contributed by atoms with Crippen molar-refractivity contribution in [2.45, 2.75) is 26.3 Å². The highest BCUT2D eigenvalue weighted by atomic mass is 16.4. The summed E-state index contributed by atoms with van der Waals surface area (Å²) in [5.41, 5.74) is 0.